The van der Waals surface area contributed by atoms with E-state index in [0.29, 0.717) is 23.2 Å². The number of benzene rings is 2. The molecule has 1 fully saturated rings. The molecule has 1 amide bonds. The van der Waals surface area contributed by atoms with E-state index in [2.05, 4.69) is 36.6 Å². The van der Waals surface area contributed by atoms with Gasteiger partial charge in [-0.2, -0.15) is 0 Å². The number of nitrogens with two attached hydrogens (primary N) is 1. The number of rotatable bonds is 5. The highest BCUT2D eigenvalue weighted by atomic mass is 16.1. The fraction of sp³-hybridized carbons (Fsp3) is 0.316. The molecule has 120 valence electrons. The lowest BCUT2D eigenvalue weighted by molar-refractivity contribution is 0.0951. The van der Waals surface area contributed by atoms with E-state index in [0.717, 1.165) is 24.2 Å². The van der Waals surface area contributed by atoms with E-state index in [1.165, 1.54) is 5.56 Å². The van der Waals surface area contributed by atoms with Crippen LogP contribution in [0.1, 0.15) is 48.5 Å². The van der Waals surface area contributed by atoms with Crippen molar-refractivity contribution < 1.29 is 4.79 Å². The molecule has 0 aliphatic heterocycles. The van der Waals surface area contributed by atoms with E-state index in [1.807, 2.05) is 18.2 Å². The number of anilines is 3. The summed E-state index contributed by atoms with van der Waals surface area (Å²) in [6.45, 7) is 4.34. The van der Waals surface area contributed by atoms with Crippen molar-refractivity contribution in [1.82, 2.24) is 5.32 Å². The normalized spacial score (nSPS) is 13.9. The summed E-state index contributed by atoms with van der Waals surface area (Å²) in [5.41, 5.74) is 10.4. The molecule has 2 aromatic carbocycles. The Kier molecular flexibility index (Phi) is 4.24. The minimum absolute atomic E-state index is 0.0490. The molecule has 0 saturated heterocycles. The van der Waals surface area contributed by atoms with Crippen molar-refractivity contribution in [2.24, 2.45) is 0 Å². The fourth-order valence-electron chi connectivity index (χ4n) is 2.42. The molecule has 2 aromatic rings. The van der Waals surface area contributed by atoms with Crippen molar-refractivity contribution >= 4 is 23.0 Å². The molecule has 0 unspecified atom stereocenters. The second-order valence-electron chi connectivity index (χ2n) is 6.45. The number of hydrogen-bond donors (Lipinski definition) is 3. The first-order valence-corrected chi connectivity index (χ1v) is 8.10. The van der Waals surface area contributed by atoms with Gasteiger partial charge in [-0.15, -0.1) is 0 Å². The molecule has 0 radical (unpaired) electrons. The van der Waals surface area contributed by atoms with Gasteiger partial charge >= 0.3 is 0 Å². The van der Waals surface area contributed by atoms with Crippen molar-refractivity contribution in [2.45, 2.75) is 38.6 Å². The van der Waals surface area contributed by atoms with Crippen LogP contribution in [-0.4, -0.2) is 11.9 Å². The molecule has 0 bridgehead atoms. The zero-order valence-electron chi connectivity index (χ0n) is 13.6. The van der Waals surface area contributed by atoms with Crippen LogP contribution in [0, 0.1) is 0 Å². The van der Waals surface area contributed by atoms with Crippen LogP contribution >= 0.6 is 0 Å². The number of amides is 1. The van der Waals surface area contributed by atoms with E-state index < -0.39 is 0 Å². The van der Waals surface area contributed by atoms with Crippen molar-refractivity contribution in [3.8, 4) is 0 Å². The summed E-state index contributed by atoms with van der Waals surface area (Å²) < 4.78 is 0. The van der Waals surface area contributed by atoms with Crippen LogP contribution in [0.2, 0.25) is 0 Å². The zero-order chi connectivity index (χ0) is 16.4. The lowest BCUT2D eigenvalue weighted by atomic mass is 10.0. The molecular formula is C19H23N3O. The van der Waals surface area contributed by atoms with Crippen molar-refractivity contribution in [3.63, 3.8) is 0 Å². The van der Waals surface area contributed by atoms with Gasteiger partial charge in [0.2, 0.25) is 0 Å². The van der Waals surface area contributed by atoms with Crippen LogP contribution in [0.15, 0.2) is 42.5 Å². The van der Waals surface area contributed by atoms with Gasteiger partial charge in [-0.1, -0.05) is 26.0 Å². The van der Waals surface area contributed by atoms with Gasteiger partial charge in [0.25, 0.3) is 5.91 Å². The van der Waals surface area contributed by atoms with Crippen molar-refractivity contribution in [1.29, 1.82) is 0 Å². The number of hydrogen-bond acceptors (Lipinski definition) is 3. The summed E-state index contributed by atoms with van der Waals surface area (Å²) in [4.78, 5) is 12.0. The van der Waals surface area contributed by atoms with Crippen LogP contribution in [0.5, 0.6) is 0 Å². The van der Waals surface area contributed by atoms with Crippen LogP contribution in [0.25, 0.3) is 0 Å². The number of nitrogens with one attached hydrogen (secondary N) is 2. The Morgan fingerprint density at radius 3 is 2.39 bits per heavy atom. The molecular weight excluding hydrogens is 286 g/mol. The summed E-state index contributed by atoms with van der Waals surface area (Å²) in [5, 5.41) is 6.27. The minimum atomic E-state index is -0.0490. The maximum Gasteiger partial charge on any atom is 0.251 e. The highest BCUT2D eigenvalue weighted by Crippen LogP contribution is 2.26. The van der Waals surface area contributed by atoms with E-state index in [9.17, 15) is 4.79 Å². The molecule has 23 heavy (non-hydrogen) atoms. The van der Waals surface area contributed by atoms with Gasteiger partial charge in [-0.25, -0.2) is 0 Å². The molecule has 1 aliphatic rings. The lowest BCUT2D eigenvalue weighted by Gasteiger charge is -2.12. The van der Waals surface area contributed by atoms with Crippen LogP contribution in [0.4, 0.5) is 17.1 Å². The van der Waals surface area contributed by atoms with Gasteiger partial charge in [0, 0.05) is 17.3 Å². The second-order valence-corrected chi connectivity index (χ2v) is 6.45. The van der Waals surface area contributed by atoms with E-state index >= 15 is 0 Å². The van der Waals surface area contributed by atoms with Gasteiger partial charge in [-0.3, -0.25) is 4.79 Å². The molecule has 4 heteroatoms. The molecule has 0 spiro atoms. The van der Waals surface area contributed by atoms with Crippen LogP contribution in [0.3, 0.4) is 0 Å². The highest BCUT2D eigenvalue weighted by Gasteiger charge is 2.23. The maximum atomic E-state index is 12.0. The molecule has 1 aliphatic carbocycles. The SMILES string of the molecule is CC(C)c1ccc(Nc2ccc(C(=O)NC3CC3)cc2N)cc1. The average Bonchev–Trinajstić information content (AvgIpc) is 3.33. The van der Waals surface area contributed by atoms with Gasteiger partial charge in [0.1, 0.15) is 0 Å². The van der Waals surface area contributed by atoms with Gasteiger partial charge < -0.3 is 16.4 Å². The summed E-state index contributed by atoms with van der Waals surface area (Å²) in [6.07, 6.45) is 2.15. The smallest absolute Gasteiger partial charge is 0.251 e. The Hall–Kier alpha value is -2.49. The first-order chi connectivity index (χ1) is 11.0. The predicted molar refractivity (Wildman–Crippen MR) is 95.2 cm³/mol. The topological polar surface area (TPSA) is 67.2 Å². The molecule has 4 N–H and O–H groups in total. The largest absolute Gasteiger partial charge is 0.397 e. The Labute approximate surface area is 137 Å². The summed E-state index contributed by atoms with van der Waals surface area (Å²) in [6, 6.07) is 14.0. The molecule has 0 atom stereocenters. The second kappa shape index (κ2) is 6.32. The van der Waals surface area contributed by atoms with Crippen LogP contribution in [-0.2, 0) is 0 Å². The third kappa shape index (κ3) is 3.83. The summed E-state index contributed by atoms with van der Waals surface area (Å²) >= 11 is 0. The molecule has 0 aromatic heterocycles. The summed E-state index contributed by atoms with van der Waals surface area (Å²) in [7, 11) is 0. The monoisotopic (exact) mass is 309 g/mol. The Morgan fingerprint density at radius 2 is 1.83 bits per heavy atom. The zero-order valence-corrected chi connectivity index (χ0v) is 13.6. The molecule has 1 saturated carbocycles. The Bertz CT molecular complexity index is 703. The molecule has 4 nitrogen and oxygen atoms in total. The number of nitrogen functional groups attached to an aromatic ring is 1. The minimum Gasteiger partial charge on any atom is -0.397 e. The maximum absolute atomic E-state index is 12.0. The average molecular weight is 309 g/mol. The number of carbonyl (C=O) groups is 1. The third-order valence-corrected chi connectivity index (χ3v) is 4.08. The molecule has 0 heterocycles. The Balaban J connectivity index is 1.71. The first kappa shape index (κ1) is 15.4. The van der Waals surface area contributed by atoms with E-state index in [-0.39, 0.29) is 5.91 Å². The molecule has 3 rings (SSSR count). The van der Waals surface area contributed by atoms with E-state index in [4.69, 9.17) is 5.73 Å². The van der Waals surface area contributed by atoms with Gasteiger partial charge in [0.15, 0.2) is 0 Å². The summed E-state index contributed by atoms with van der Waals surface area (Å²) in [5.74, 6) is 0.463. The van der Waals surface area contributed by atoms with Gasteiger partial charge in [0.05, 0.1) is 11.4 Å². The predicted octanol–water partition coefficient (Wildman–Crippen LogP) is 4.03. The van der Waals surface area contributed by atoms with E-state index in [1.54, 1.807) is 12.1 Å². The third-order valence-electron chi connectivity index (χ3n) is 4.08. The van der Waals surface area contributed by atoms with Crippen LogP contribution < -0.4 is 16.4 Å². The fourth-order valence-corrected chi connectivity index (χ4v) is 2.42. The van der Waals surface area contributed by atoms with Crippen molar-refractivity contribution in [3.05, 3.63) is 53.6 Å². The van der Waals surface area contributed by atoms with Gasteiger partial charge in [-0.05, 0) is 54.7 Å². The standard InChI is InChI=1S/C19H23N3O/c1-12(2)13-3-6-15(7-4-13)21-18-10-5-14(11-17(18)20)19(23)22-16-8-9-16/h3-7,10-12,16,21H,8-9,20H2,1-2H3,(H,22,23). The lowest BCUT2D eigenvalue weighted by Crippen LogP contribution is -2.25. The quantitative estimate of drug-likeness (QED) is 0.731. The van der Waals surface area contributed by atoms with Crippen molar-refractivity contribution in [2.75, 3.05) is 11.1 Å². The highest BCUT2D eigenvalue weighted by molar-refractivity contribution is 5.96. The Morgan fingerprint density at radius 1 is 1.13 bits per heavy atom. The number of carbonyl (C=O) groups excluding carboxylic acids is 1. The first-order valence-electron chi connectivity index (χ1n) is 8.10.